The zero-order valence-corrected chi connectivity index (χ0v) is 14.4. The second-order valence-electron chi connectivity index (χ2n) is 5.80. The summed E-state index contributed by atoms with van der Waals surface area (Å²) in [5.74, 6) is 1.000. The largest absolute Gasteiger partial charge is 0.490 e. The Bertz CT molecular complexity index is 579. The summed E-state index contributed by atoms with van der Waals surface area (Å²) >= 11 is 0. The zero-order valence-electron chi connectivity index (χ0n) is 13.6. The van der Waals surface area contributed by atoms with Gasteiger partial charge in [-0.15, -0.1) is 0 Å². The van der Waals surface area contributed by atoms with Crippen LogP contribution in [-0.2, 0) is 17.3 Å². The van der Waals surface area contributed by atoms with Crippen molar-refractivity contribution < 1.29 is 13.9 Å². The minimum Gasteiger partial charge on any atom is -0.490 e. The average Bonchev–Trinajstić information content (AvgIpc) is 2.59. The predicted octanol–water partition coefficient (Wildman–Crippen LogP) is 2.77. The van der Waals surface area contributed by atoms with Crippen LogP contribution in [0.25, 0.3) is 0 Å². The summed E-state index contributed by atoms with van der Waals surface area (Å²) in [7, 11) is 0.705. The first-order valence-corrected chi connectivity index (χ1v) is 9.35. The minimum atomic E-state index is -0.731. The van der Waals surface area contributed by atoms with Gasteiger partial charge in [0.1, 0.15) is 0 Å². The van der Waals surface area contributed by atoms with Gasteiger partial charge in [0.2, 0.25) is 0 Å². The lowest BCUT2D eigenvalue weighted by Gasteiger charge is -2.29. The molecule has 0 radical (unpaired) electrons. The van der Waals surface area contributed by atoms with E-state index in [1.165, 1.54) is 13.2 Å². The van der Waals surface area contributed by atoms with Crippen molar-refractivity contribution in [2.45, 2.75) is 50.4 Å². The molecule has 1 aliphatic carbocycles. The fourth-order valence-electron chi connectivity index (χ4n) is 3.05. The van der Waals surface area contributed by atoms with E-state index in [2.05, 4.69) is 5.32 Å². The number of methoxy groups -OCH3 is 1. The number of ether oxygens (including phenoxy) is 1. The lowest BCUT2D eigenvalue weighted by atomic mass is 9.95. The summed E-state index contributed by atoms with van der Waals surface area (Å²) < 4.78 is 17.1. The lowest BCUT2D eigenvalue weighted by Crippen LogP contribution is -2.37. The third-order valence-corrected chi connectivity index (χ3v) is 6.06. The molecular weight excluding hydrogens is 316 g/mol. The Labute approximate surface area is 139 Å². The number of hydrogen-bond donors (Lipinski definition) is 1. The molecule has 0 aliphatic heterocycles. The Morgan fingerprint density at radius 1 is 1.43 bits per heavy atom. The monoisotopic (exact) mass is 340 g/mol. The molecule has 6 nitrogen and oxygen atoms in total. The molecule has 0 unspecified atom stereocenters. The van der Waals surface area contributed by atoms with Gasteiger partial charge in [-0.2, -0.15) is 0 Å². The Morgan fingerprint density at radius 2 is 2.22 bits per heavy atom. The Balaban J connectivity index is 1.95. The van der Waals surface area contributed by atoms with Crippen molar-refractivity contribution in [3.8, 4) is 5.75 Å². The number of benzene rings is 1. The first-order chi connectivity index (χ1) is 11.0. The van der Waals surface area contributed by atoms with Crippen LogP contribution < -0.4 is 10.1 Å². The van der Waals surface area contributed by atoms with Crippen molar-refractivity contribution in [2.24, 2.45) is 0 Å². The third-order valence-electron chi connectivity index (χ3n) is 4.32. The molecule has 1 aromatic carbocycles. The van der Waals surface area contributed by atoms with Gasteiger partial charge < -0.3 is 10.1 Å². The fourth-order valence-corrected chi connectivity index (χ4v) is 4.40. The van der Waals surface area contributed by atoms with Crippen LogP contribution in [0.5, 0.6) is 5.75 Å². The van der Waals surface area contributed by atoms with Crippen molar-refractivity contribution in [3.05, 3.63) is 33.9 Å². The van der Waals surface area contributed by atoms with Crippen molar-refractivity contribution in [2.75, 3.05) is 12.9 Å². The van der Waals surface area contributed by atoms with Gasteiger partial charge in [-0.25, -0.2) is 0 Å². The summed E-state index contributed by atoms with van der Waals surface area (Å²) in [5, 5.41) is 14.7. The smallest absolute Gasteiger partial charge is 0.310 e. The van der Waals surface area contributed by atoms with Crippen molar-refractivity contribution in [3.63, 3.8) is 0 Å². The van der Waals surface area contributed by atoms with E-state index in [1.807, 2.05) is 6.92 Å². The van der Waals surface area contributed by atoms with Gasteiger partial charge in [0, 0.05) is 40.5 Å². The summed E-state index contributed by atoms with van der Waals surface area (Å²) in [6.07, 6.45) is 4.16. The second kappa shape index (κ2) is 8.40. The van der Waals surface area contributed by atoms with Crippen molar-refractivity contribution in [1.82, 2.24) is 5.32 Å². The lowest BCUT2D eigenvalue weighted by molar-refractivity contribution is -0.385. The summed E-state index contributed by atoms with van der Waals surface area (Å²) in [4.78, 5) is 10.5. The third kappa shape index (κ3) is 4.75. The Morgan fingerprint density at radius 3 is 2.87 bits per heavy atom. The highest BCUT2D eigenvalue weighted by Gasteiger charge is 2.25. The number of nitrogens with one attached hydrogen (secondary N) is 1. The zero-order chi connectivity index (χ0) is 16.8. The summed E-state index contributed by atoms with van der Waals surface area (Å²) in [6, 6.07) is 5.28. The summed E-state index contributed by atoms with van der Waals surface area (Å²) in [5.41, 5.74) is 0.929. The predicted molar refractivity (Wildman–Crippen MR) is 91.2 cm³/mol. The molecule has 1 aromatic rings. The van der Waals surface area contributed by atoms with Crippen LogP contribution >= 0.6 is 0 Å². The molecule has 1 aliphatic rings. The van der Waals surface area contributed by atoms with Crippen LogP contribution in [0.15, 0.2) is 18.2 Å². The minimum absolute atomic E-state index is 0.0210. The van der Waals surface area contributed by atoms with E-state index in [1.54, 1.807) is 12.1 Å². The van der Waals surface area contributed by atoms with Crippen molar-refractivity contribution in [1.29, 1.82) is 0 Å². The number of nitro groups is 1. The number of rotatable bonds is 7. The van der Waals surface area contributed by atoms with Gasteiger partial charge in [0.25, 0.3) is 0 Å². The highest BCUT2D eigenvalue weighted by Crippen LogP contribution is 2.28. The van der Waals surface area contributed by atoms with Gasteiger partial charge in [0.15, 0.2) is 5.75 Å². The van der Waals surface area contributed by atoms with E-state index in [0.29, 0.717) is 12.6 Å². The van der Waals surface area contributed by atoms with Crippen molar-refractivity contribution >= 4 is 16.5 Å². The molecule has 0 saturated heterocycles. The van der Waals surface area contributed by atoms with Gasteiger partial charge >= 0.3 is 5.69 Å². The molecule has 2 rings (SSSR count). The van der Waals surface area contributed by atoms with E-state index in [4.69, 9.17) is 4.74 Å². The van der Waals surface area contributed by atoms with Crippen LogP contribution in [-0.4, -0.2) is 33.3 Å². The molecule has 0 aromatic heterocycles. The molecule has 0 heterocycles. The normalized spacial score (nSPS) is 22.5. The van der Waals surface area contributed by atoms with Crippen LogP contribution in [0.1, 0.15) is 38.2 Å². The van der Waals surface area contributed by atoms with Gasteiger partial charge in [0.05, 0.1) is 12.0 Å². The number of hydrogen-bond acceptors (Lipinski definition) is 5. The van der Waals surface area contributed by atoms with E-state index in [-0.39, 0.29) is 16.7 Å². The molecule has 0 amide bonds. The fraction of sp³-hybridized carbons (Fsp3) is 0.625. The van der Waals surface area contributed by atoms with Gasteiger partial charge in [-0.3, -0.25) is 14.3 Å². The van der Waals surface area contributed by atoms with E-state index in [9.17, 15) is 14.3 Å². The first-order valence-electron chi connectivity index (χ1n) is 7.97. The second-order valence-corrected chi connectivity index (χ2v) is 7.80. The molecule has 128 valence electrons. The number of nitrogens with zero attached hydrogens (tertiary/aromatic N) is 1. The summed E-state index contributed by atoms with van der Waals surface area (Å²) in [6.45, 7) is 2.60. The van der Waals surface area contributed by atoms with Gasteiger partial charge in [-0.05, 0) is 30.9 Å². The first kappa shape index (κ1) is 17.9. The average molecular weight is 340 g/mol. The Kier molecular flexibility index (Phi) is 6.53. The molecular formula is C16H24N2O4S. The van der Waals surface area contributed by atoms with Crippen LogP contribution in [0.4, 0.5) is 5.69 Å². The molecule has 0 spiro atoms. The molecule has 1 saturated carbocycles. The van der Waals surface area contributed by atoms with E-state index < -0.39 is 15.7 Å². The highest BCUT2D eigenvalue weighted by molar-refractivity contribution is 7.85. The van der Waals surface area contributed by atoms with Crippen LogP contribution in [0, 0.1) is 10.1 Å². The standard InChI is InChI=1S/C16H24N2O4S/c1-3-23(21)14-6-4-5-13(10-14)17-11-12-7-8-15(18(19)20)16(9-12)22-2/h7-9,13-14,17H,3-6,10-11H2,1-2H3/t13-,14+,23+/m0/s1. The Hall–Kier alpha value is -1.47. The van der Waals surface area contributed by atoms with Crippen LogP contribution in [0.3, 0.4) is 0 Å². The van der Waals surface area contributed by atoms with E-state index in [0.717, 1.165) is 37.0 Å². The molecule has 23 heavy (non-hydrogen) atoms. The van der Waals surface area contributed by atoms with Crippen LogP contribution in [0.2, 0.25) is 0 Å². The quantitative estimate of drug-likeness (QED) is 0.610. The topological polar surface area (TPSA) is 81.5 Å². The molecule has 0 bridgehead atoms. The molecule has 3 atom stereocenters. The highest BCUT2D eigenvalue weighted by atomic mass is 32.2. The maximum atomic E-state index is 12.0. The van der Waals surface area contributed by atoms with E-state index >= 15 is 0 Å². The maximum Gasteiger partial charge on any atom is 0.310 e. The number of nitro benzene ring substituents is 1. The SMILES string of the molecule is CC[S@@](=O)[C@@H]1CCC[C@H](NCc2ccc([N+](=O)[O-])c(OC)c2)C1. The molecule has 7 heteroatoms. The molecule has 1 fully saturated rings. The van der Waals surface area contributed by atoms with Gasteiger partial charge in [-0.1, -0.05) is 19.4 Å². The maximum absolute atomic E-state index is 12.0. The molecule has 1 N–H and O–H groups in total.